The van der Waals surface area contributed by atoms with Gasteiger partial charge in [0.1, 0.15) is 12.2 Å². The van der Waals surface area contributed by atoms with E-state index in [-0.39, 0.29) is 5.69 Å². The lowest BCUT2D eigenvalue weighted by atomic mass is 10.3. The number of anilines is 1. The Hall–Kier alpha value is -0.670. The van der Waals surface area contributed by atoms with Gasteiger partial charge in [-0.15, -0.1) is 0 Å². The van der Waals surface area contributed by atoms with Gasteiger partial charge in [-0.05, 0) is 24.3 Å². The molecule has 0 spiro atoms. The lowest BCUT2D eigenvalue weighted by Crippen LogP contribution is -2.38. The molecule has 0 saturated carbocycles. The van der Waals surface area contributed by atoms with Gasteiger partial charge >= 0.3 is 6.18 Å². The van der Waals surface area contributed by atoms with Crippen LogP contribution in [0.25, 0.3) is 0 Å². The van der Waals surface area contributed by atoms with Crippen molar-refractivity contribution in [3.8, 4) is 0 Å². The molecule has 18 heavy (non-hydrogen) atoms. The first-order chi connectivity index (χ1) is 8.20. The molecule has 0 aliphatic heterocycles. The van der Waals surface area contributed by atoms with E-state index in [1.807, 2.05) is 0 Å². The van der Waals surface area contributed by atoms with Crippen LogP contribution in [-0.4, -0.2) is 15.1 Å². The second-order valence-electron chi connectivity index (χ2n) is 3.19. The minimum Gasteiger partial charge on any atom is -0.273 e. The van der Waals surface area contributed by atoms with Crippen LogP contribution >= 0.6 is 32.3 Å². The molecule has 100 valence electrons. The Morgan fingerprint density at radius 1 is 1.17 bits per heavy atom. The van der Waals surface area contributed by atoms with Crippen molar-refractivity contribution in [2.75, 3.05) is 5.01 Å². The van der Waals surface area contributed by atoms with E-state index in [1.54, 1.807) is 0 Å². The van der Waals surface area contributed by atoms with Gasteiger partial charge in [-0.3, -0.25) is 4.79 Å². The molecule has 0 fully saturated rings. The Labute approximate surface area is 117 Å². The van der Waals surface area contributed by atoms with Crippen LogP contribution in [-0.2, 0) is 4.79 Å². The first-order valence-corrected chi connectivity index (χ1v) is 5.89. The van der Waals surface area contributed by atoms with Crippen LogP contribution in [0.5, 0.6) is 0 Å². The molecule has 0 aliphatic rings. The number of hydrogen-bond acceptors (Lipinski definition) is 2. The molecule has 1 aromatic carbocycles. The van der Waals surface area contributed by atoms with Crippen molar-refractivity contribution in [2.45, 2.75) is 12.6 Å². The Morgan fingerprint density at radius 3 is 2.06 bits per heavy atom. The number of halogens is 6. The van der Waals surface area contributed by atoms with Gasteiger partial charge in [0, 0.05) is 32.3 Å². The first kappa shape index (κ1) is 15.4. The lowest BCUT2D eigenvalue weighted by molar-refractivity contribution is -0.152. The van der Waals surface area contributed by atoms with Crippen LogP contribution in [0.3, 0.4) is 0 Å². The molecule has 1 rings (SSSR count). The predicted molar refractivity (Wildman–Crippen MR) is 64.3 cm³/mol. The highest BCUT2D eigenvalue weighted by atomic mass is 79.9. The molecule has 1 aromatic rings. The number of benzene rings is 1. The fourth-order valence-electron chi connectivity index (χ4n) is 1.14. The summed E-state index contributed by atoms with van der Waals surface area (Å²) in [4.78, 5) is 11.5. The summed E-state index contributed by atoms with van der Waals surface area (Å²) in [6.07, 6.45) is -6.25. The predicted octanol–water partition coefficient (Wildman–Crippen LogP) is 3.95. The van der Waals surface area contributed by atoms with E-state index in [1.165, 1.54) is 12.1 Å². The fourth-order valence-corrected chi connectivity index (χ4v) is 1.86. The van der Waals surface area contributed by atoms with Crippen molar-refractivity contribution in [1.29, 1.82) is 0 Å². The molecular formula is C9H6Br2F4N2O. The summed E-state index contributed by atoms with van der Waals surface area (Å²) in [5.41, 5.74) is 0.0828. The Kier molecular flexibility index (Phi) is 5.11. The van der Waals surface area contributed by atoms with Gasteiger partial charge in [0.15, 0.2) is 0 Å². The molecule has 1 amide bonds. The summed E-state index contributed by atoms with van der Waals surface area (Å²) in [5, 5.41) is 0.674. The fraction of sp³-hybridized carbons (Fsp3) is 0.222. The average Bonchev–Trinajstić information content (AvgIpc) is 2.18. The normalized spacial score (nSPS) is 11.7. The molecule has 0 heterocycles. The standard InChI is InChI=1S/C9H6Br2F4N2O/c10-17(11)16(8(18)5-9(13,14)15)7-3-1-6(12)2-4-7/h1-4H,5H2. The van der Waals surface area contributed by atoms with Crippen molar-refractivity contribution in [2.24, 2.45) is 0 Å². The molecule has 0 bridgehead atoms. The van der Waals surface area contributed by atoms with E-state index in [0.717, 1.165) is 15.2 Å². The number of amides is 1. The summed E-state index contributed by atoms with van der Waals surface area (Å²) < 4.78 is 50.0. The number of carbonyl (C=O) groups excluding carboxylic acids is 1. The van der Waals surface area contributed by atoms with E-state index in [0.29, 0.717) is 5.01 Å². The van der Waals surface area contributed by atoms with Gasteiger partial charge in [-0.25, -0.2) is 9.40 Å². The third kappa shape index (κ3) is 4.54. The SMILES string of the molecule is O=C(CC(F)(F)F)N(c1ccc(F)cc1)N(Br)Br. The third-order valence-corrected chi connectivity index (χ3v) is 2.44. The van der Waals surface area contributed by atoms with Crippen LogP contribution in [0.2, 0.25) is 0 Å². The summed E-state index contributed by atoms with van der Waals surface area (Å²) >= 11 is 5.60. The van der Waals surface area contributed by atoms with Gasteiger partial charge in [0.25, 0.3) is 5.91 Å². The van der Waals surface area contributed by atoms with Crippen molar-refractivity contribution in [3.05, 3.63) is 30.1 Å². The zero-order valence-electron chi connectivity index (χ0n) is 8.59. The van der Waals surface area contributed by atoms with E-state index >= 15 is 0 Å². The number of alkyl halides is 3. The van der Waals surface area contributed by atoms with Crippen LogP contribution in [0, 0.1) is 5.82 Å². The zero-order valence-corrected chi connectivity index (χ0v) is 11.8. The highest BCUT2D eigenvalue weighted by molar-refractivity contribution is 9.21. The molecule has 0 aliphatic carbocycles. The third-order valence-electron chi connectivity index (χ3n) is 1.81. The topological polar surface area (TPSA) is 23.6 Å². The second-order valence-corrected chi connectivity index (χ2v) is 5.48. The molecule has 0 radical (unpaired) electrons. The zero-order chi connectivity index (χ0) is 13.9. The highest BCUT2D eigenvalue weighted by Gasteiger charge is 2.35. The van der Waals surface area contributed by atoms with E-state index in [4.69, 9.17) is 0 Å². The summed E-state index contributed by atoms with van der Waals surface area (Å²) in [6, 6.07) is 4.43. The number of hydrazine groups is 1. The second kappa shape index (κ2) is 5.98. The number of carbonyl (C=O) groups is 1. The van der Waals surface area contributed by atoms with Gasteiger partial charge in [0.2, 0.25) is 0 Å². The van der Waals surface area contributed by atoms with Crippen molar-refractivity contribution < 1.29 is 22.4 Å². The van der Waals surface area contributed by atoms with Gasteiger partial charge in [-0.1, -0.05) is 3.06 Å². The molecule has 3 nitrogen and oxygen atoms in total. The smallest absolute Gasteiger partial charge is 0.273 e. The summed E-state index contributed by atoms with van der Waals surface area (Å²) in [6.45, 7) is 0. The van der Waals surface area contributed by atoms with E-state index in [2.05, 4.69) is 32.3 Å². The molecule has 0 atom stereocenters. The maximum atomic E-state index is 12.7. The number of rotatable bonds is 3. The van der Waals surface area contributed by atoms with Crippen LogP contribution < -0.4 is 5.01 Å². The van der Waals surface area contributed by atoms with Gasteiger partial charge in [0.05, 0.1) is 5.69 Å². The number of hydrogen-bond donors (Lipinski definition) is 0. The maximum Gasteiger partial charge on any atom is 0.397 e. The van der Waals surface area contributed by atoms with Crippen LogP contribution in [0.15, 0.2) is 24.3 Å². The summed E-state index contributed by atoms with van der Waals surface area (Å²) in [5.74, 6) is -1.78. The van der Waals surface area contributed by atoms with E-state index in [9.17, 15) is 22.4 Å². The Balaban J connectivity index is 2.96. The minimum absolute atomic E-state index is 0.0828. The van der Waals surface area contributed by atoms with Crippen LogP contribution in [0.4, 0.5) is 23.2 Å². The van der Waals surface area contributed by atoms with Gasteiger partial charge in [-0.2, -0.15) is 13.2 Å². The molecule has 0 N–H and O–H groups in total. The first-order valence-electron chi connectivity index (χ1n) is 4.47. The van der Waals surface area contributed by atoms with Crippen molar-refractivity contribution in [1.82, 2.24) is 3.06 Å². The average molecular weight is 394 g/mol. The summed E-state index contributed by atoms with van der Waals surface area (Å²) in [7, 11) is 0. The molecule has 9 heteroatoms. The molecular weight excluding hydrogens is 388 g/mol. The van der Waals surface area contributed by atoms with E-state index < -0.39 is 24.3 Å². The highest BCUT2D eigenvalue weighted by Crippen LogP contribution is 2.27. The Morgan fingerprint density at radius 2 is 1.67 bits per heavy atom. The molecule has 0 unspecified atom stereocenters. The lowest BCUT2D eigenvalue weighted by Gasteiger charge is -2.25. The quantitative estimate of drug-likeness (QED) is 0.441. The minimum atomic E-state index is -4.62. The Bertz CT molecular complexity index is 422. The van der Waals surface area contributed by atoms with Crippen molar-refractivity contribution in [3.63, 3.8) is 0 Å². The van der Waals surface area contributed by atoms with Crippen molar-refractivity contribution >= 4 is 43.9 Å². The van der Waals surface area contributed by atoms with Crippen LogP contribution in [0.1, 0.15) is 6.42 Å². The molecule has 0 aromatic heterocycles. The monoisotopic (exact) mass is 392 g/mol. The molecule has 0 saturated heterocycles. The van der Waals surface area contributed by atoms with Gasteiger partial charge < -0.3 is 0 Å². The maximum absolute atomic E-state index is 12.7. The largest absolute Gasteiger partial charge is 0.397 e. The number of nitrogens with zero attached hydrogens (tertiary/aromatic N) is 2.